The molecule has 0 fully saturated rings. The first-order valence-corrected chi connectivity index (χ1v) is 9.61. The molecule has 0 aromatic heterocycles. The molecule has 0 saturated heterocycles. The van der Waals surface area contributed by atoms with Crippen LogP contribution in [0, 0.1) is 0 Å². The molecule has 0 aliphatic carbocycles. The lowest BCUT2D eigenvalue weighted by molar-refractivity contribution is -0.131. The van der Waals surface area contributed by atoms with E-state index in [2.05, 4.69) is 22.5 Å². The average Bonchev–Trinajstić information content (AvgIpc) is 2.66. The lowest BCUT2D eigenvalue weighted by atomic mass is 10.1. The first-order valence-electron chi connectivity index (χ1n) is 9.61. The van der Waals surface area contributed by atoms with Crippen LogP contribution in [-0.4, -0.2) is 67.3 Å². The summed E-state index contributed by atoms with van der Waals surface area (Å²) in [6.45, 7) is 10.2. The number of nitrogens with zero attached hydrogens (tertiary/aromatic N) is 3. The Bertz CT molecular complexity index is 647. The first kappa shape index (κ1) is 26.2. The molecule has 0 unspecified atom stereocenters. The third-order valence-electron chi connectivity index (χ3n) is 4.18. The second-order valence-corrected chi connectivity index (χ2v) is 6.19. The maximum absolute atomic E-state index is 12.3. The van der Waals surface area contributed by atoms with Gasteiger partial charge in [-0.25, -0.2) is 4.99 Å². The topological polar surface area (TPSA) is 77.0 Å². The molecule has 0 aliphatic heterocycles. The van der Waals surface area contributed by atoms with Crippen LogP contribution >= 0.6 is 24.0 Å². The van der Waals surface area contributed by atoms with Crippen LogP contribution in [0.1, 0.15) is 33.3 Å². The third kappa shape index (κ3) is 8.90. The molecule has 0 atom stereocenters. The van der Waals surface area contributed by atoms with Crippen LogP contribution in [0.25, 0.3) is 0 Å². The second-order valence-electron chi connectivity index (χ2n) is 6.19. The molecule has 0 heterocycles. The van der Waals surface area contributed by atoms with Gasteiger partial charge in [-0.15, -0.1) is 24.0 Å². The van der Waals surface area contributed by atoms with E-state index in [1.54, 1.807) is 16.8 Å². The third-order valence-corrected chi connectivity index (χ3v) is 4.18. The Hall–Kier alpha value is -1.84. The standard InChI is InChI=1S/C20H33N5O2.HI/c1-6-16-11-10-12-17(13-16)23-18(26)14-22-20(21-7-2)24(5)15-19(27)25(8-3)9-4;/h10-13H,6-9,14-15H2,1-5H3,(H,21,22)(H,23,26);1H. The fourth-order valence-electron chi connectivity index (χ4n) is 2.64. The number of hydrogen-bond acceptors (Lipinski definition) is 3. The van der Waals surface area contributed by atoms with Crippen molar-refractivity contribution < 1.29 is 9.59 Å². The van der Waals surface area contributed by atoms with Crippen molar-refractivity contribution in [3.63, 3.8) is 0 Å². The zero-order valence-corrected chi connectivity index (χ0v) is 19.9. The molecule has 2 amide bonds. The molecular formula is C20H34IN5O2. The van der Waals surface area contributed by atoms with E-state index in [4.69, 9.17) is 0 Å². The summed E-state index contributed by atoms with van der Waals surface area (Å²) in [5.41, 5.74) is 1.93. The quantitative estimate of drug-likeness (QED) is 0.309. The van der Waals surface area contributed by atoms with E-state index in [0.29, 0.717) is 25.6 Å². The van der Waals surface area contributed by atoms with E-state index < -0.39 is 0 Å². The number of aliphatic imine (C=N–C) groups is 1. The van der Waals surface area contributed by atoms with Crippen molar-refractivity contribution in [2.24, 2.45) is 4.99 Å². The monoisotopic (exact) mass is 503 g/mol. The SMILES string of the molecule is CCNC(=NCC(=O)Nc1cccc(CC)c1)N(C)CC(=O)N(CC)CC.I. The lowest BCUT2D eigenvalue weighted by Crippen LogP contribution is -2.46. The largest absolute Gasteiger partial charge is 0.356 e. The molecule has 0 aliphatic rings. The van der Waals surface area contributed by atoms with Gasteiger partial charge in [0.1, 0.15) is 6.54 Å². The maximum atomic E-state index is 12.3. The van der Waals surface area contributed by atoms with Gasteiger partial charge < -0.3 is 20.4 Å². The second kappa shape index (κ2) is 14.2. The van der Waals surface area contributed by atoms with E-state index in [1.165, 1.54) is 5.56 Å². The van der Waals surface area contributed by atoms with E-state index in [1.807, 2.05) is 45.0 Å². The lowest BCUT2D eigenvalue weighted by Gasteiger charge is -2.25. The summed E-state index contributed by atoms with van der Waals surface area (Å²) < 4.78 is 0. The van der Waals surface area contributed by atoms with Crippen molar-refractivity contribution in [2.75, 3.05) is 45.1 Å². The number of carbonyl (C=O) groups excluding carboxylic acids is 2. The molecule has 1 aromatic rings. The smallest absolute Gasteiger partial charge is 0.246 e. The van der Waals surface area contributed by atoms with Gasteiger partial charge in [0.2, 0.25) is 11.8 Å². The Kier molecular flexibility index (Phi) is 13.3. The van der Waals surface area contributed by atoms with Gasteiger partial charge in [0.05, 0.1) is 6.54 Å². The van der Waals surface area contributed by atoms with E-state index in [-0.39, 0.29) is 48.9 Å². The van der Waals surface area contributed by atoms with Crippen LogP contribution in [0.3, 0.4) is 0 Å². The Morgan fingerprint density at radius 2 is 1.79 bits per heavy atom. The number of carbonyl (C=O) groups is 2. The number of aryl methyl sites for hydroxylation is 1. The minimum absolute atomic E-state index is 0. The predicted molar refractivity (Wildman–Crippen MR) is 126 cm³/mol. The Labute approximate surface area is 186 Å². The van der Waals surface area contributed by atoms with Crippen molar-refractivity contribution in [2.45, 2.75) is 34.1 Å². The van der Waals surface area contributed by atoms with Gasteiger partial charge in [-0.3, -0.25) is 9.59 Å². The summed E-state index contributed by atoms with van der Waals surface area (Å²) in [6.07, 6.45) is 0.914. The number of amides is 2. The van der Waals surface area contributed by atoms with Crippen LogP contribution < -0.4 is 10.6 Å². The summed E-state index contributed by atoms with van der Waals surface area (Å²) in [7, 11) is 1.80. The number of nitrogens with one attached hydrogen (secondary N) is 2. The number of anilines is 1. The minimum atomic E-state index is -0.192. The molecule has 0 radical (unpaired) electrons. The Morgan fingerprint density at radius 1 is 1.11 bits per heavy atom. The van der Waals surface area contributed by atoms with Crippen molar-refractivity contribution in [1.82, 2.24) is 15.1 Å². The van der Waals surface area contributed by atoms with Crippen LogP contribution in [0.4, 0.5) is 5.69 Å². The van der Waals surface area contributed by atoms with Crippen LogP contribution in [0.2, 0.25) is 0 Å². The van der Waals surface area contributed by atoms with Gasteiger partial charge in [0, 0.05) is 32.4 Å². The Morgan fingerprint density at radius 3 is 2.36 bits per heavy atom. The van der Waals surface area contributed by atoms with Crippen molar-refractivity contribution >= 4 is 47.4 Å². The molecule has 0 bridgehead atoms. The molecule has 0 saturated carbocycles. The number of hydrogen-bond donors (Lipinski definition) is 2. The fraction of sp³-hybridized carbons (Fsp3) is 0.550. The van der Waals surface area contributed by atoms with E-state index in [9.17, 15) is 9.59 Å². The number of benzene rings is 1. The highest BCUT2D eigenvalue weighted by molar-refractivity contribution is 14.0. The molecule has 0 spiro atoms. The maximum Gasteiger partial charge on any atom is 0.246 e. The molecule has 158 valence electrons. The van der Waals surface area contributed by atoms with Crippen LogP contribution in [0.5, 0.6) is 0 Å². The molecule has 7 nitrogen and oxygen atoms in total. The highest BCUT2D eigenvalue weighted by Gasteiger charge is 2.15. The predicted octanol–water partition coefficient (Wildman–Crippen LogP) is 2.57. The number of rotatable bonds is 9. The summed E-state index contributed by atoms with van der Waals surface area (Å²) in [4.78, 5) is 32.4. The number of likely N-dealkylation sites (N-methyl/N-ethyl adjacent to an activating group) is 2. The van der Waals surface area contributed by atoms with Gasteiger partial charge in [-0.1, -0.05) is 19.1 Å². The molecule has 28 heavy (non-hydrogen) atoms. The average molecular weight is 503 g/mol. The van der Waals surface area contributed by atoms with E-state index >= 15 is 0 Å². The molecule has 1 aromatic carbocycles. The van der Waals surface area contributed by atoms with E-state index in [0.717, 1.165) is 12.1 Å². The van der Waals surface area contributed by atoms with Gasteiger partial charge in [0.15, 0.2) is 5.96 Å². The summed E-state index contributed by atoms with van der Waals surface area (Å²) in [6, 6.07) is 7.77. The summed E-state index contributed by atoms with van der Waals surface area (Å²) in [5.74, 6) is 0.381. The molecule has 8 heteroatoms. The fourth-order valence-corrected chi connectivity index (χ4v) is 2.64. The van der Waals surface area contributed by atoms with Gasteiger partial charge >= 0.3 is 0 Å². The van der Waals surface area contributed by atoms with Crippen molar-refractivity contribution in [3.8, 4) is 0 Å². The normalized spacial score (nSPS) is 10.7. The van der Waals surface area contributed by atoms with Gasteiger partial charge in [-0.05, 0) is 44.9 Å². The zero-order chi connectivity index (χ0) is 20.2. The minimum Gasteiger partial charge on any atom is -0.356 e. The molecular weight excluding hydrogens is 469 g/mol. The Balaban J connectivity index is 0.00000729. The van der Waals surface area contributed by atoms with Crippen LogP contribution in [-0.2, 0) is 16.0 Å². The van der Waals surface area contributed by atoms with Crippen molar-refractivity contribution in [3.05, 3.63) is 29.8 Å². The summed E-state index contributed by atoms with van der Waals surface area (Å²) in [5, 5.41) is 5.99. The highest BCUT2D eigenvalue weighted by atomic mass is 127. The summed E-state index contributed by atoms with van der Waals surface area (Å²) >= 11 is 0. The first-order chi connectivity index (χ1) is 12.9. The number of guanidine groups is 1. The highest BCUT2D eigenvalue weighted by Crippen LogP contribution is 2.10. The number of halogens is 1. The van der Waals surface area contributed by atoms with Crippen molar-refractivity contribution in [1.29, 1.82) is 0 Å². The van der Waals surface area contributed by atoms with Gasteiger partial charge in [-0.2, -0.15) is 0 Å². The van der Waals surface area contributed by atoms with Gasteiger partial charge in [0.25, 0.3) is 0 Å². The zero-order valence-electron chi connectivity index (χ0n) is 17.6. The van der Waals surface area contributed by atoms with Crippen LogP contribution in [0.15, 0.2) is 29.3 Å². The molecule has 1 rings (SSSR count). The molecule has 2 N–H and O–H groups in total.